The Labute approximate surface area is 96.2 Å². The van der Waals surface area contributed by atoms with Crippen molar-refractivity contribution in [3.63, 3.8) is 0 Å². The summed E-state index contributed by atoms with van der Waals surface area (Å²) >= 11 is 0. The third-order valence-corrected chi connectivity index (χ3v) is 2.73. The Morgan fingerprint density at radius 2 is 2.38 bits per heavy atom. The molecular weight excluding hydrogens is 208 g/mol. The molecule has 0 spiro atoms. The second-order valence-corrected chi connectivity index (χ2v) is 4.04. The Morgan fingerprint density at radius 1 is 1.62 bits per heavy atom. The van der Waals surface area contributed by atoms with Crippen LogP contribution in [0.25, 0.3) is 0 Å². The minimum atomic E-state index is -0.806. The van der Waals surface area contributed by atoms with Crippen LogP contribution in [0.5, 0.6) is 0 Å². The Bertz CT molecular complexity index is 243. The molecule has 1 N–H and O–H groups in total. The highest BCUT2D eigenvalue weighted by Crippen LogP contribution is 2.14. The van der Waals surface area contributed by atoms with Gasteiger partial charge in [0.25, 0.3) is 0 Å². The first-order valence-corrected chi connectivity index (χ1v) is 5.80. The number of hydrogen-bond acceptors (Lipinski definition) is 4. The second-order valence-electron chi connectivity index (χ2n) is 4.04. The lowest BCUT2D eigenvalue weighted by atomic mass is 10.1. The second kappa shape index (κ2) is 6.66. The fraction of sp³-hybridized carbons (Fsp3) is 0.750. The van der Waals surface area contributed by atoms with E-state index in [9.17, 15) is 9.90 Å². The van der Waals surface area contributed by atoms with E-state index in [0.717, 1.165) is 25.9 Å². The van der Waals surface area contributed by atoms with Crippen molar-refractivity contribution in [3.8, 4) is 0 Å². The molecule has 92 valence electrons. The van der Waals surface area contributed by atoms with Gasteiger partial charge in [0.05, 0.1) is 17.8 Å². The Balaban J connectivity index is 2.25. The molecule has 1 rings (SSSR count). The molecule has 0 aromatic heterocycles. The molecule has 1 saturated heterocycles. The molecule has 0 aromatic carbocycles. The van der Waals surface area contributed by atoms with Crippen LogP contribution in [0.3, 0.4) is 0 Å². The minimum absolute atomic E-state index is 0.00395. The van der Waals surface area contributed by atoms with E-state index >= 15 is 0 Å². The molecule has 1 fully saturated rings. The van der Waals surface area contributed by atoms with Crippen LogP contribution in [0.1, 0.15) is 32.6 Å². The SMILES string of the molecule is C=C(C(=O)OCC1CCCCO1)C(O)CC. The summed E-state index contributed by atoms with van der Waals surface area (Å²) in [7, 11) is 0. The van der Waals surface area contributed by atoms with Gasteiger partial charge in [-0.2, -0.15) is 0 Å². The summed E-state index contributed by atoms with van der Waals surface area (Å²) in [4.78, 5) is 11.4. The molecule has 0 aromatic rings. The number of hydrogen-bond donors (Lipinski definition) is 1. The van der Waals surface area contributed by atoms with Crippen molar-refractivity contribution >= 4 is 5.97 Å². The first-order chi connectivity index (χ1) is 7.65. The summed E-state index contributed by atoms with van der Waals surface area (Å²) in [5.74, 6) is -0.525. The molecule has 1 aliphatic rings. The van der Waals surface area contributed by atoms with Crippen LogP contribution in [-0.4, -0.2) is 36.5 Å². The zero-order valence-electron chi connectivity index (χ0n) is 9.78. The molecule has 0 radical (unpaired) electrons. The van der Waals surface area contributed by atoms with Gasteiger partial charge in [-0.3, -0.25) is 0 Å². The van der Waals surface area contributed by atoms with Gasteiger partial charge in [-0.15, -0.1) is 0 Å². The van der Waals surface area contributed by atoms with E-state index in [4.69, 9.17) is 9.47 Å². The molecule has 0 aliphatic carbocycles. The van der Waals surface area contributed by atoms with Gasteiger partial charge < -0.3 is 14.6 Å². The standard InChI is InChI=1S/C12H20O4/c1-3-11(13)9(2)12(14)16-8-10-6-4-5-7-15-10/h10-11,13H,2-8H2,1H3. The molecule has 2 unspecified atom stereocenters. The monoisotopic (exact) mass is 228 g/mol. The van der Waals surface area contributed by atoms with Crippen molar-refractivity contribution in [1.82, 2.24) is 0 Å². The molecule has 4 heteroatoms. The van der Waals surface area contributed by atoms with Crippen molar-refractivity contribution in [2.45, 2.75) is 44.8 Å². The van der Waals surface area contributed by atoms with Crippen molar-refractivity contribution in [2.24, 2.45) is 0 Å². The quantitative estimate of drug-likeness (QED) is 0.571. The highest BCUT2D eigenvalue weighted by Gasteiger charge is 2.19. The Kier molecular flexibility index (Phi) is 5.49. The summed E-state index contributed by atoms with van der Waals surface area (Å²) in [6.45, 7) is 6.30. The van der Waals surface area contributed by atoms with Crippen LogP contribution < -0.4 is 0 Å². The maximum Gasteiger partial charge on any atom is 0.336 e. The Morgan fingerprint density at radius 3 is 2.94 bits per heavy atom. The van der Waals surface area contributed by atoms with Gasteiger partial charge in [-0.05, 0) is 25.7 Å². The van der Waals surface area contributed by atoms with E-state index in [0.29, 0.717) is 6.42 Å². The van der Waals surface area contributed by atoms with E-state index in [1.807, 2.05) is 0 Å². The van der Waals surface area contributed by atoms with Crippen LogP contribution in [0.4, 0.5) is 0 Å². The van der Waals surface area contributed by atoms with Crippen LogP contribution in [0.15, 0.2) is 12.2 Å². The van der Waals surface area contributed by atoms with E-state index < -0.39 is 12.1 Å². The van der Waals surface area contributed by atoms with Gasteiger partial charge in [0, 0.05) is 6.61 Å². The molecule has 4 nitrogen and oxygen atoms in total. The minimum Gasteiger partial charge on any atom is -0.460 e. The third kappa shape index (κ3) is 3.94. The summed E-state index contributed by atoms with van der Waals surface area (Å²) in [6.07, 6.45) is 2.78. The number of rotatable bonds is 5. The third-order valence-electron chi connectivity index (χ3n) is 2.73. The number of esters is 1. The molecule has 0 saturated carbocycles. The van der Waals surface area contributed by atoms with Crippen molar-refractivity contribution in [1.29, 1.82) is 0 Å². The maximum atomic E-state index is 11.4. The number of ether oxygens (including phenoxy) is 2. The first-order valence-electron chi connectivity index (χ1n) is 5.80. The van der Waals surface area contributed by atoms with Gasteiger partial charge in [-0.1, -0.05) is 13.5 Å². The van der Waals surface area contributed by atoms with Crippen LogP contribution in [0, 0.1) is 0 Å². The molecule has 2 atom stereocenters. The number of aliphatic hydroxyl groups is 1. The average molecular weight is 228 g/mol. The van der Waals surface area contributed by atoms with Gasteiger partial charge in [0.15, 0.2) is 0 Å². The highest BCUT2D eigenvalue weighted by molar-refractivity contribution is 5.88. The fourth-order valence-corrected chi connectivity index (χ4v) is 1.58. The van der Waals surface area contributed by atoms with Crippen LogP contribution in [0.2, 0.25) is 0 Å². The summed E-state index contributed by atoms with van der Waals surface area (Å²) in [5, 5.41) is 9.40. The summed E-state index contributed by atoms with van der Waals surface area (Å²) in [6, 6.07) is 0. The summed E-state index contributed by atoms with van der Waals surface area (Å²) in [5.41, 5.74) is 0.123. The Hall–Kier alpha value is -0.870. The van der Waals surface area contributed by atoms with Gasteiger partial charge in [0.1, 0.15) is 6.61 Å². The van der Waals surface area contributed by atoms with Crippen LogP contribution in [-0.2, 0) is 14.3 Å². The molecule has 1 aliphatic heterocycles. The lowest BCUT2D eigenvalue weighted by molar-refractivity contribution is -0.145. The molecular formula is C12H20O4. The van der Waals surface area contributed by atoms with Crippen molar-refractivity contribution in [2.75, 3.05) is 13.2 Å². The van der Waals surface area contributed by atoms with E-state index in [1.54, 1.807) is 6.92 Å². The molecule has 1 heterocycles. The predicted molar refractivity (Wildman–Crippen MR) is 60.0 cm³/mol. The topological polar surface area (TPSA) is 55.8 Å². The van der Waals surface area contributed by atoms with Crippen molar-refractivity contribution in [3.05, 3.63) is 12.2 Å². The lowest BCUT2D eigenvalue weighted by Gasteiger charge is -2.22. The van der Waals surface area contributed by atoms with Crippen molar-refractivity contribution < 1.29 is 19.4 Å². The number of carbonyl (C=O) groups excluding carboxylic acids is 1. The summed E-state index contributed by atoms with van der Waals surface area (Å²) < 4.78 is 10.5. The normalized spacial score (nSPS) is 22.5. The van der Waals surface area contributed by atoms with Crippen LogP contribution >= 0.6 is 0 Å². The zero-order chi connectivity index (χ0) is 12.0. The molecule has 0 bridgehead atoms. The molecule has 16 heavy (non-hydrogen) atoms. The van der Waals surface area contributed by atoms with E-state index in [2.05, 4.69) is 6.58 Å². The average Bonchev–Trinajstić information content (AvgIpc) is 2.35. The number of carbonyl (C=O) groups is 1. The van der Waals surface area contributed by atoms with E-state index in [1.165, 1.54) is 0 Å². The van der Waals surface area contributed by atoms with Gasteiger partial charge in [-0.25, -0.2) is 4.79 Å². The predicted octanol–water partition coefficient (Wildman–Crippen LogP) is 1.43. The molecule has 0 amide bonds. The fourth-order valence-electron chi connectivity index (χ4n) is 1.58. The smallest absolute Gasteiger partial charge is 0.336 e. The maximum absolute atomic E-state index is 11.4. The van der Waals surface area contributed by atoms with Gasteiger partial charge >= 0.3 is 5.97 Å². The zero-order valence-corrected chi connectivity index (χ0v) is 9.78. The lowest BCUT2D eigenvalue weighted by Crippen LogP contribution is -2.27. The largest absolute Gasteiger partial charge is 0.460 e. The highest BCUT2D eigenvalue weighted by atomic mass is 16.6. The first kappa shape index (κ1) is 13.2. The van der Waals surface area contributed by atoms with Gasteiger partial charge in [0.2, 0.25) is 0 Å². The number of aliphatic hydroxyl groups excluding tert-OH is 1. The van der Waals surface area contributed by atoms with E-state index in [-0.39, 0.29) is 18.3 Å².